The van der Waals surface area contributed by atoms with Gasteiger partial charge in [-0.05, 0) is 67.2 Å². The Labute approximate surface area is 279 Å². The lowest BCUT2D eigenvalue weighted by Crippen LogP contribution is -1.99. The van der Waals surface area contributed by atoms with Gasteiger partial charge in [-0.25, -0.2) is 9.97 Å². The summed E-state index contributed by atoms with van der Waals surface area (Å²) in [5.41, 5.74) is 7.98. The summed E-state index contributed by atoms with van der Waals surface area (Å²) in [7, 11) is 0. The van der Waals surface area contributed by atoms with E-state index < -0.39 is 0 Å². The molecule has 8 rings (SSSR count). The van der Waals surface area contributed by atoms with Crippen LogP contribution >= 0.6 is 0 Å². The second-order valence-corrected chi connectivity index (χ2v) is 11.7. The second kappa shape index (κ2) is 12.7. The molecule has 0 amide bonds. The van der Waals surface area contributed by atoms with Crippen molar-refractivity contribution in [1.82, 2.24) is 15.0 Å². The molecule has 0 fully saturated rings. The normalized spacial score (nSPS) is 11.9. The van der Waals surface area contributed by atoms with Gasteiger partial charge in [-0.1, -0.05) is 152 Å². The first-order chi connectivity index (χ1) is 23.7. The standard InChI is InChI=1S/C45H31N3/c1-2-11-34(22-21-31-12-10-27-46-30-31)43-29-44(35-25-23-33(24-26-35)38-20-9-15-32-13-3-5-16-37(32)38)48-45(47-43)42-28-36-14-4-6-17-39(36)40-18-7-8-19-41(40)42/h2-30H,1H2/b22-21+,34-11+. The highest BCUT2D eigenvalue weighted by atomic mass is 14.9. The Balaban J connectivity index is 1.31. The van der Waals surface area contributed by atoms with Gasteiger partial charge in [0.15, 0.2) is 5.82 Å². The molecule has 0 spiro atoms. The maximum absolute atomic E-state index is 5.25. The molecule has 8 aromatic rings. The minimum absolute atomic E-state index is 0.673. The van der Waals surface area contributed by atoms with Crippen molar-refractivity contribution in [3.05, 3.63) is 188 Å². The number of aromatic nitrogens is 3. The topological polar surface area (TPSA) is 38.7 Å². The highest BCUT2D eigenvalue weighted by Gasteiger charge is 2.15. The molecule has 0 saturated carbocycles. The summed E-state index contributed by atoms with van der Waals surface area (Å²) in [6, 6.07) is 48.9. The largest absolute Gasteiger partial charge is 0.264 e. The Bertz CT molecular complexity index is 2500. The molecule has 3 nitrogen and oxygen atoms in total. The quantitative estimate of drug-likeness (QED) is 0.133. The minimum Gasteiger partial charge on any atom is -0.264 e. The van der Waals surface area contributed by atoms with E-state index in [4.69, 9.17) is 9.97 Å². The van der Waals surface area contributed by atoms with Gasteiger partial charge >= 0.3 is 0 Å². The van der Waals surface area contributed by atoms with E-state index in [1.807, 2.05) is 30.5 Å². The highest BCUT2D eigenvalue weighted by molar-refractivity contribution is 6.13. The van der Waals surface area contributed by atoms with Crippen molar-refractivity contribution < 1.29 is 0 Å². The van der Waals surface area contributed by atoms with Crippen molar-refractivity contribution in [3.8, 4) is 33.8 Å². The van der Waals surface area contributed by atoms with Crippen LogP contribution in [0.3, 0.4) is 0 Å². The van der Waals surface area contributed by atoms with Gasteiger partial charge in [0, 0.05) is 29.1 Å². The van der Waals surface area contributed by atoms with Crippen LogP contribution in [0.1, 0.15) is 11.3 Å². The van der Waals surface area contributed by atoms with Gasteiger partial charge in [-0.2, -0.15) is 0 Å². The first kappa shape index (κ1) is 29.0. The fourth-order valence-electron chi connectivity index (χ4n) is 6.41. The summed E-state index contributed by atoms with van der Waals surface area (Å²) < 4.78 is 0. The van der Waals surface area contributed by atoms with Crippen molar-refractivity contribution in [1.29, 1.82) is 0 Å². The van der Waals surface area contributed by atoms with E-state index in [9.17, 15) is 0 Å². The second-order valence-electron chi connectivity index (χ2n) is 11.7. The van der Waals surface area contributed by atoms with Gasteiger partial charge < -0.3 is 0 Å². The Morgan fingerprint density at radius 3 is 2.06 bits per heavy atom. The number of fused-ring (bicyclic) bond motifs is 4. The fourth-order valence-corrected chi connectivity index (χ4v) is 6.41. The van der Waals surface area contributed by atoms with E-state index >= 15 is 0 Å². The van der Waals surface area contributed by atoms with E-state index in [-0.39, 0.29) is 0 Å². The zero-order chi connectivity index (χ0) is 32.3. The van der Waals surface area contributed by atoms with Crippen LogP contribution in [-0.2, 0) is 0 Å². The predicted octanol–water partition coefficient (Wildman–Crippen LogP) is 11.6. The number of pyridine rings is 1. The monoisotopic (exact) mass is 613 g/mol. The molecule has 0 unspecified atom stereocenters. The number of nitrogens with zero attached hydrogens (tertiary/aromatic N) is 3. The summed E-state index contributed by atoms with van der Waals surface area (Å²) in [5, 5.41) is 7.13. The Morgan fingerprint density at radius 1 is 0.562 bits per heavy atom. The lowest BCUT2D eigenvalue weighted by molar-refractivity contribution is 1.16. The number of rotatable bonds is 7. The van der Waals surface area contributed by atoms with Crippen LogP contribution in [0.15, 0.2) is 177 Å². The van der Waals surface area contributed by atoms with Gasteiger partial charge in [-0.15, -0.1) is 0 Å². The smallest absolute Gasteiger partial charge is 0.161 e. The third kappa shape index (κ3) is 5.59. The fraction of sp³-hybridized carbons (Fsp3) is 0. The maximum Gasteiger partial charge on any atom is 0.161 e. The summed E-state index contributed by atoms with van der Waals surface area (Å²) in [4.78, 5) is 14.7. The molecule has 0 aliphatic carbocycles. The molecule has 48 heavy (non-hydrogen) atoms. The zero-order valence-corrected chi connectivity index (χ0v) is 26.3. The van der Waals surface area contributed by atoms with E-state index in [0.717, 1.165) is 50.0 Å². The lowest BCUT2D eigenvalue weighted by Gasteiger charge is -2.14. The highest BCUT2D eigenvalue weighted by Crippen LogP contribution is 2.36. The lowest BCUT2D eigenvalue weighted by atomic mass is 9.96. The van der Waals surface area contributed by atoms with Crippen LogP contribution in [0.2, 0.25) is 0 Å². The molecule has 0 N–H and O–H groups in total. The Morgan fingerprint density at radius 2 is 1.27 bits per heavy atom. The minimum atomic E-state index is 0.673. The molecule has 0 bridgehead atoms. The van der Waals surface area contributed by atoms with Crippen molar-refractivity contribution in [2.24, 2.45) is 0 Å². The summed E-state index contributed by atoms with van der Waals surface area (Å²) >= 11 is 0. The van der Waals surface area contributed by atoms with Gasteiger partial charge in [0.05, 0.1) is 11.4 Å². The number of hydrogen-bond acceptors (Lipinski definition) is 3. The molecule has 0 aliphatic rings. The van der Waals surface area contributed by atoms with E-state index in [0.29, 0.717) is 5.82 Å². The van der Waals surface area contributed by atoms with Crippen molar-refractivity contribution >= 4 is 44.0 Å². The third-order valence-electron chi connectivity index (χ3n) is 8.75. The molecule has 226 valence electrons. The van der Waals surface area contributed by atoms with Crippen LogP contribution in [0.25, 0.3) is 77.7 Å². The van der Waals surface area contributed by atoms with Gasteiger partial charge in [0.1, 0.15) is 0 Å². The SMILES string of the molecule is C=C/C=C(\C=C\c1cccnc1)c1cc(-c2ccc(-c3cccc4ccccc34)cc2)nc(-c2cc3ccccc3c3ccccc23)n1. The average molecular weight is 614 g/mol. The average Bonchev–Trinajstić information content (AvgIpc) is 3.16. The third-order valence-corrected chi connectivity index (χ3v) is 8.75. The summed E-state index contributed by atoms with van der Waals surface area (Å²) in [6.45, 7) is 4.01. The molecule has 0 radical (unpaired) electrons. The predicted molar refractivity (Wildman–Crippen MR) is 202 cm³/mol. The summed E-state index contributed by atoms with van der Waals surface area (Å²) in [6.07, 6.45) is 11.5. The van der Waals surface area contributed by atoms with E-state index in [1.54, 1.807) is 12.3 Å². The van der Waals surface area contributed by atoms with Gasteiger partial charge in [-0.3, -0.25) is 4.98 Å². The van der Waals surface area contributed by atoms with Crippen molar-refractivity contribution in [2.75, 3.05) is 0 Å². The Kier molecular flexibility index (Phi) is 7.70. The van der Waals surface area contributed by atoms with Crippen LogP contribution in [0.5, 0.6) is 0 Å². The first-order valence-corrected chi connectivity index (χ1v) is 16.0. The molecule has 3 heteroatoms. The molecule has 0 saturated heterocycles. The number of allylic oxidation sites excluding steroid dienone is 4. The maximum atomic E-state index is 5.25. The summed E-state index contributed by atoms with van der Waals surface area (Å²) in [5.74, 6) is 0.673. The van der Waals surface area contributed by atoms with Crippen LogP contribution < -0.4 is 0 Å². The first-order valence-electron chi connectivity index (χ1n) is 16.0. The molecule has 0 aliphatic heterocycles. The Hall–Kier alpha value is -6.45. The van der Waals surface area contributed by atoms with E-state index in [2.05, 4.69) is 145 Å². The number of hydrogen-bond donors (Lipinski definition) is 0. The molecule has 2 heterocycles. The van der Waals surface area contributed by atoms with Crippen LogP contribution in [0.4, 0.5) is 0 Å². The molecule has 6 aromatic carbocycles. The van der Waals surface area contributed by atoms with Crippen LogP contribution in [-0.4, -0.2) is 15.0 Å². The molecule has 0 atom stereocenters. The number of benzene rings is 6. The van der Waals surface area contributed by atoms with Gasteiger partial charge in [0.2, 0.25) is 0 Å². The molecular formula is C45H31N3. The molecular weight excluding hydrogens is 583 g/mol. The van der Waals surface area contributed by atoms with Crippen LogP contribution in [0, 0.1) is 0 Å². The van der Waals surface area contributed by atoms with Crippen molar-refractivity contribution in [3.63, 3.8) is 0 Å². The molecule has 2 aromatic heterocycles. The van der Waals surface area contributed by atoms with Crippen molar-refractivity contribution in [2.45, 2.75) is 0 Å². The van der Waals surface area contributed by atoms with E-state index in [1.165, 1.54) is 27.1 Å². The van der Waals surface area contributed by atoms with Gasteiger partial charge in [0.25, 0.3) is 0 Å². The zero-order valence-electron chi connectivity index (χ0n) is 26.3.